The molecule has 1 aliphatic rings. The van der Waals surface area contributed by atoms with Crippen LogP contribution in [0.3, 0.4) is 0 Å². The zero-order chi connectivity index (χ0) is 15.5. The number of benzene rings is 2. The molecule has 0 saturated heterocycles. The summed E-state index contributed by atoms with van der Waals surface area (Å²) in [6, 6.07) is 14.5. The summed E-state index contributed by atoms with van der Waals surface area (Å²) >= 11 is 0. The minimum atomic E-state index is 0.359. The van der Waals surface area contributed by atoms with Crippen LogP contribution in [0.4, 0.5) is 0 Å². The van der Waals surface area contributed by atoms with Crippen molar-refractivity contribution in [2.24, 2.45) is 0 Å². The third-order valence-electron chi connectivity index (χ3n) is 4.27. The van der Waals surface area contributed by atoms with Gasteiger partial charge in [0.25, 0.3) is 0 Å². The van der Waals surface area contributed by atoms with Crippen molar-refractivity contribution < 1.29 is 5.11 Å². The summed E-state index contributed by atoms with van der Waals surface area (Å²) in [7, 11) is 4.21. The summed E-state index contributed by atoms with van der Waals surface area (Å²) in [6.45, 7) is 1.04. The maximum atomic E-state index is 9.81. The minimum absolute atomic E-state index is 0.359. The van der Waals surface area contributed by atoms with E-state index in [1.165, 1.54) is 27.8 Å². The fourth-order valence-corrected chi connectivity index (χ4v) is 3.15. The molecule has 0 unspecified atom stereocenters. The van der Waals surface area contributed by atoms with Gasteiger partial charge in [0.2, 0.25) is 0 Å². The summed E-state index contributed by atoms with van der Waals surface area (Å²) < 4.78 is 0. The molecule has 0 heterocycles. The van der Waals surface area contributed by atoms with Crippen molar-refractivity contribution in [1.82, 2.24) is 4.90 Å². The van der Waals surface area contributed by atoms with Gasteiger partial charge in [0, 0.05) is 6.54 Å². The number of aromatic hydroxyl groups is 1. The molecule has 2 aromatic carbocycles. The Balaban J connectivity index is 2.08. The zero-order valence-corrected chi connectivity index (χ0v) is 13.3. The SMILES string of the molecule is CN(C)CCC=C1c2ccccc2CCc2cc(O)ccc21. The van der Waals surface area contributed by atoms with E-state index >= 15 is 0 Å². The lowest BCUT2D eigenvalue weighted by Gasteiger charge is -2.13. The largest absolute Gasteiger partial charge is 0.508 e. The molecule has 0 radical (unpaired) electrons. The van der Waals surface area contributed by atoms with Gasteiger partial charge in [-0.15, -0.1) is 0 Å². The van der Waals surface area contributed by atoms with Gasteiger partial charge in [-0.25, -0.2) is 0 Å². The molecule has 1 aliphatic carbocycles. The van der Waals surface area contributed by atoms with Gasteiger partial charge in [0.05, 0.1) is 0 Å². The van der Waals surface area contributed by atoms with Gasteiger partial charge in [0.15, 0.2) is 0 Å². The summed E-state index contributed by atoms with van der Waals surface area (Å²) in [6.07, 6.45) is 5.38. The van der Waals surface area contributed by atoms with Crippen LogP contribution < -0.4 is 0 Å². The van der Waals surface area contributed by atoms with Crippen LogP contribution in [-0.2, 0) is 12.8 Å². The number of phenols is 1. The summed E-state index contributed by atoms with van der Waals surface area (Å²) in [5.41, 5.74) is 6.55. The van der Waals surface area contributed by atoms with Gasteiger partial charge in [-0.1, -0.05) is 36.4 Å². The smallest absolute Gasteiger partial charge is 0.115 e. The Hall–Kier alpha value is -2.06. The first kappa shape index (κ1) is 14.9. The Morgan fingerprint density at radius 1 is 1.00 bits per heavy atom. The molecule has 1 N–H and O–H groups in total. The van der Waals surface area contributed by atoms with E-state index in [0.717, 1.165) is 25.8 Å². The maximum Gasteiger partial charge on any atom is 0.115 e. The first-order valence-electron chi connectivity index (χ1n) is 7.90. The fraction of sp³-hybridized carbons (Fsp3) is 0.300. The minimum Gasteiger partial charge on any atom is -0.508 e. The molecule has 2 heteroatoms. The highest BCUT2D eigenvalue weighted by Crippen LogP contribution is 2.35. The molecule has 114 valence electrons. The van der Waals surface area contributed by atoms with Gasteiger partial charge in [0.1, 0.15) is 5.75 Å². The Morgan fingerprint density at radius 3 is 2.55 bits per heavy atom. The third-order valence-corrected chi connectivity index (χ3v) is 4.27. The van der Waals surface area contributed by atoms with E-state index in [1.807, 2.05) is 6.07 Å². The number of hydrogen-bond donors (Lipinski definition) is 1. The summed E-state index contributed by atoms with van der Waals surface area (Å²) in [5, 5.41) is 9.81. The van der Waals surface area contributed by atoms with Gasteiger partial charge in [-0.05, 0) is 73.3 Å². The van der Waals surface area contributed by atoms with Crippen LogP contribution in [-0.4, -0.2) is 30.6 Å². The lowest BCUT2D eigenvalue weighted by molar-refractivity contribution is 0.417. The van der Waals surface area contributed by atoms with Crippen LogP contribution in [0.1, 0.15) is 28.7 Å². The molecule has 0 fully saturated rings. The number of nitrogens with zero attached hydrogens (tertiary/aromatic N) is 1. The molecule has 0 amide bonds. The van der Waals surface area contributed by atoms with Crippen LogP contribution in [0.25, 0.3) is 5.57 Å². The summed E-state index contributed by atoms with van der Waals surface area (Å²) in [5.74, 6) is 0.359. The zero-order valence-electron chi connectivity index (χ0n) is 13.3. The molecule has 0 aliphatic heterocycles. The first-order valence-corrected chi connectivity index (χ1v) is 7.90. The van der Waals surface area contributed by atoms with Crippen molar-refractivity contribution in [3.8, 4) is 5.75 Å². The number of fused-ring (bicyclic) bond motifs is 2. The highest BCUT2D eigenvalue weighted by Gasteiger charge is 2.17. The average Bonchev–Trinajstić information content (AvgIpc) is 2.64. The maximum absolute atomic E-state index is 9.81. The highest BCUT2D eigenvalue weighted by atomic mass is 16.3. The Kier molecular flexibility index (Phi) is 4.30. The van der Waals surface area contributed by atoms with Crippen molar-refractivity contribution >= 4 is 5.57 Å². The Morgan fingerprint density at radius 2 is 1.73 bits per heavy atom. The lowest BCUT2D eigenvalue weighted by atomic mass is 9.93. The van der Waals surface area contributed by atoms with Crippen LogP contribution >= 0.6 is 0 Å². The average molecular weight is 293 g/mol. The predicted molar refractivity (Wildman–Crippen MR) is 92.2 cm³/mol. The number of hydrogen-bond acceptors (Lipinski definition) is 2. The molecular weight excluding hydrogens is 270 g/mol. The second-order valence-electron chi connectivity index (χ2n) is 6.21. The molecule has 3 rings (SSSR count). The third kappa shape index (κ3) is 3.07. The van der Waals surface area contributed by atoms with E-state index in [9.17, 15) is 5.11 Å². The first-order chi connectivity index (χ1) is 10.6. The van der Waals surface area contributed by atoms with E-state index in [4.69, 9.17) is 0 Å². The second kappa shape index (κ2) is 6.37. The molecule has 0 spiro atoms. The molecular formula is C20H23NO. The molecule has 2 aromatic rings. The predicted octanol–water partition coefficient (Wildman–Crippen LogP) is 3.87. The van der Waals surface area contributed by atoms with E-state index in [-0.39, 0.29) is 0 Å². The monoisotopic (exact) mass is 293 g/mol. The van der Waals surface area contributed by atoms with E-state index in [2.05, 4.69) is 55.4 Å². The highest BCUT2D eigenvalue weighted by molar-refractivity contribution is 5.84. The molecule has 2 nitrogen and oxygen atoms in total. The van der Waals surface area contributed by atoms with Crippen molar-refractivity contribution in [1.29, 1.82) is 0 Å². The van der Waals surface area contributed by atoms with E-state index < -0.39 is 0 Å². The normalized spacial score (nSPS) is 15.5. The number of phenolic OH excluding ortho intramolecular Hbond substituents is 1. The lowest BCUT2D eigenvalue weighted by Crippen LogP contribution is -2.12. The second-order valence-corrected chi connectivity index (χ2v) is 6.21. The Labute approximate surface area is 132 Å². The topological polar surface area (TPSA) is 23.5 Å². The Bertz CT molecular complexity index is 701. The van der Waals surface area contributed by atoms with Crippen LogP contribution in [0.5, 0.6) is 5.75 Å². The molecule has 22 heavy (non-hydrogen) atoms. The van der Waals surface area contributed by atoms with Crippen molar-refractivity contribution in [2.75, 3.05) is 20.6 Å². The van der Waals surface area contributed by atoms with Gasteiger partial charge >= 0.3 is 0 Å². The summed E-state index contributed by atoms with van der Waals surface area (Å²) in [4.78, 5) is 2.21. The van der Waals surface area contributed by atoms with Gasteiger partial charge < -0.3 is 10.0 Å². The number of aryl methyl sites for hydroxylation is 2. The molecule has 0 atom stereocenters. The van der Waals surface area contributed by atoms with Gasteiger partial charge in [-0.3, -0.25) is 0 Å². The quantitative estimate of drug-likeness (QED) is 0.928. The standard InChI is InChI=1S/C20H23NO/c1-21(2)13-5-8-20-18-7-4-3-6-15(18)9-10-16-14-17(22)11-12-19(16)20/h3-4,6-8,11-12,14,22H,5,9-10,13H2,1-2H3. The van der Waals surface area contributed by atoms with Crippen molar-refractivity contribution in [2.45, 2.75) is 19.3 Å². The molecule has 0 aromatic heterocycles. The van der Waals surface area contributed by atoms with Crippen LogP contribution in [0, 0.1) is 0 Å². The van der Waals surface area contributed by atoms with Crippen molar-refractivity contribution in [3.63, 3.8) is 0 Å². The number of rotatable bonds is 3. The van der Waals surface area contributed by atoms with Crippen LogP contribution in [0.2, 0.25) is 0 Å². The van der Waals surface area contributed by atoms with Crippen LogP contribution in [0.15, 0.2) is 48.5 Å². The molecule has 0 bridgehead atoms. The van der Waals surface area contributed by atoms with Gasteiger partial charge in [-0.2, -0.15) is 0 Å². The van der Waals surface area contributed by atoms with E-state index in [0.29, 0.717) is 5.75 Å². The molecule has 0 saturated carbocycles. The van der Waals surface area contributed by atoms with E-state index in [1.54, 1.807) is 6.07 Å². The fourth-order valence-electron chi connectivity index (χ4n) is 3.15. The van der Waals surface area contributed by atoms with Crippen molar-refractivity contribution in [3.05, 3.63) is 70.8 Å².